The van der Waals surface area contributed by atoms with Crippen molar-refractivity contribution in [2.24, 2.45) is 0 Å². The number of hydrogen-bond acceptors (Lipinski definition) is 4. The van der Waals surface area contributed by atoms with Crippen LogP contribution in [0.3, 0.4) is 0 Å². The molecule has 5 nitrogen and oxygen atoms in total. The van der Waals surface area contributed by atoms with E-state index in [-0.39, 0.29) is 17.9 Å². The number of carbonyl (C=O) groups is 2. The van der Waals surface area contributed by atoms with E-state index >= 15 is 0 Å². The number of thiophene rings is 1. The molecule has 2 aromatic rings. The fourth-order valence-corrected chi connectivity index (χ4v) is 2.74. The second kappa shape index (κ2) is 8.10. The Morgan fingerprint density at radius 2 is 2.09 bits per heavy atom. The molecular formula is C16H17ClN2O3S. The summed E-state index contributed by atoms with van der Waals surface area (Å²) in [6.45, 7) is 2.26. The van der Waals surface area contributed by atoms with E-state index in [0.29, 0.717) is 27.8 Å². The molecule has 0 saturated heterocycles. The minimum atomic E-state index is -0.257. The topological polar surface area (TPSA) is 67.4 Å². The minimum absolute atomic E-state index is 0.118. The molecule has 1 aromatic carbocycles. The molecule has 2 amide bonds. The van der Waals surface area contributed by atoms with Crippen molar-refractivity contribution < 1.29 is 14.3 Å². The zero-order valence-electron chi connectivity index (χ0n) is 12.8. The first-order chi connectivity index (χ1) is 11.0. The summed E-state index contributed by atoms with van der Waals surface area (Å²) in [5, 5.41) is 7.72. The van der Waals surface area contributed by atoms with E-state index in [9.17, 15) is 9.59 Å². The molecule has 2 rings (SSSR count). The van der Waals surface area contributed by atoms with Gasteiger partial charge in [0.05, 0.1) is 22.2 Å². The van der Waals surface area contributed by atoms with E-state index in [0.717, 1.165) is 0 Å². The Balaban J connectivity index is 2.12. The molecule has 0 saturated carbocycles. The lowest BCUT2D eigenvalue weighted by Gasteiger charge is -2.14. The predicted octanol–water partition coefficient (Wildman–Crippen LogP) is 3.42. The van der Waals surface area contributed by atoms with Gasteiger partial charge in [0.2, 0.25) is 0 Å². The maximum atomic E-state index is 12.2. The van der Waals surface area contributed by atoms with E-state index in [4.69, 9.17) is 16.3 Å². The van der Waals surface area contributed by atoms with Crippen molar-refractivity contribution in [1.82, 2.24) is 5.32 Å². The van der Waals surface area contributed by atoms with Crippen molar-refractivity contribution in [3.8, 4) is 0 Å². The first-order valence-corrected chi connectivity index (χ1v) is 8.21. The number of ether oxygens (including phenoxy) is 1. The SMILES string of the molecule is COC[C@@H](C)NC(=O)c1ccc(Cl)c(NC(=O)c2cccs2)c1. The van der Waals surface area contributed by atoms with Gasteiger partial charge in [-0.25, -0.2) is 0 Å². The third-order valence-corrected chi connectivity index (χ3v) is 4.21. The zero-order valence-corrected chi connectivity index (χ0v) is 14.3. The van der Waals surface area contributed by atoms with Gasteiger partial charge in [-0.1, -0.05) is 17.7 Å². The summed E-state index contributed by atoms with van der Waals surface area (Å²) in [6.07, 6.45) is 0. The van der Waals surface area contributed by atoms with E-state index in [2.05, 4.69) is 10.6 Å². The molecule has 0 aliphatic heterocycles. The van der Waals surface area contributed by atoms with Gasteiger partial charge in [0, 0.05) is 18.7 Å². The lowest BCUT2D eigenvalue weighted by molar-refractivity contribution is 0.0905. The average molecular weight is 353 g/mol. The Bertz CT molecular complexity index is 689. The summed E-state index contributed by atoms with van der Waals surface area (Å²) in [7, 11) is 1.57. The molecule has 2 N–H and O–H groups in total. The van der Waals surface area contributed by atoms with Crippen molar-refractivity contribution in [3.63, 3.8) is 0 Å². The largest absolute Gasteiger partial charge is 0.383 e. The predicted molar refractivity (Wildman–Crippen MR) is 92.5 cm³/mol. The van der Waals surface area contributed by atoms with Gasteiger partial charge in [0.15, 0.2) is 0 Å². The Labute approximate surface area is 143 Å². The molecule has 0 fully saturated rings. The number of rotatable bonds is 6. The number of methoxy groups -OCH3 is 1. The van der Waals surface area contributed by atoms with Crippen LogP contribution in [0.5, 0.6) is 0 Å². The maximum absolute atomic E-state index is 12.2. The molecule has 1 atom stereocenters. The first-order valence-electron chi connectivity index (χ1n) is 6.95. The highest BCUT2D eigenvalue weighted by Crippen LogP contribution is 2.24. The van der Waals surface area contributed by atoms with Crippen molar-refractivity contribution in [2.45, 2.75) is 13.0 Å². The summed E-state index contributed by atoms with van der Waals surface area (Å²) in [4.78, 5) is 24.9. The molecular weight excluding hydrogens is 336 g/mol. The van der Waals surface area contributed by atoms with Gasteiger partial charge < -0.3 is 15.4 Å². The van der Waals surface area contributed by atoms with Crippen LogP contribution in [-0.2, 0) is 4.74 Å². The van der Waals surface area contributed by atoms with Gasteiger partial charge >= 0.3 is 0 Å². The van der Waals surface area contributed by atoms with Gasteiger partial charge in [-0.3, -0.25) is 9.59 Å². The van der Waals surface area contributed by atoms with Crippen molar-refractivity contribution >= 4 is 40.4 Å². The third kappa shape index (κ3) is 4.79. The number of nitrogens with one attached hydrogen (secondary N) is 2. The van der Waals surface area contributed by atoms with Crippen molar-refractivity contribution in [2.75, 3.05) is 19.0 Å². The molecule has 1 aromatic heterocycles. The molecule has 1 heterocycles. The molecule has 23 heavy (non-hydrogen) atoms. The summed E-state index contributed by atoms with van der Waals surface area (Å²) in [5.41, 5.74) is 0.816. The van der Waals surface area contributed by atoms with E-state index < -0.39 is 0 Å². The molecule has 0 unspecified atom stereocenters. The third-order valence-electron chi connectivity index (χ3n) is 3.02. The number of anilines is 1. The van der Waals surface area contributed by atoms with Crippen LogP contribution in [0.25, 0.3) is 0 Å². The maximum Gasteiger partial charge on any atom is 0.265 e. The molecule has 0 aliphatic carbocycles. The second-order valence-corrected chi connectivity index (χ2v) is 6.31. The van der Waals surface area contributed by atoms with E-state index in [1.165, 1.54) is 11.3 Å². The highest BCUT2D eigenvalue weighted by Gasteiger charge is 2.14. The van der Waals surface area contributed by atoms with E-state index in [1.807, 2.05) is 12.3 Å². The van der Waals surface area contributed by atoms with Gasteiger partial charge in [-0.15, -0.1) is 11.3 Å². The standard InChI is InChI=1S/C16H17ClN2O3S/c1-10(9-22-2)18-15(20)11-5-6-12(17)13(8-11)19-16(21)14-4-3-7-23-14/h3-8,10H,9H2,1-2H3,(H,18,20)(H,19,21)/t10-/m1/s1. The molecule has 0 radical (unpaired) electrons. The quantitative estimate of drug-likeness (QED) is 0.837. The van der Waals surface area contributed by atoms with Crippen LogP contribution >= 0.6 is 22.9 Å². The van der Waals surface area contributed by atoms with Gasteiger partial charge in [0.1, 0.15) is 0 Å². The van der Waals surface area contributed by atoms with Crippen LogP contribution in [-0.4, -0.2) is 31.6 Å². The first kappa shape index (κ1) is 17.5. The number of carbonyl (C=O) groups excluding carboxylic acids is 2. The van der Waals surface area contributed by atoms with Crippen LogP contribution in [0.15, 0.2) is 35.7 Å². The zero-order chi connectivity index (χ0) is 16.8. The second-order valence-electron chi connectivity index (χ2n) is 4.96. The fraction of sp³-hybridized carbons (Fsp3) is 0.250. The van der Waals surface area contributed by atoms with Crippen LogP contribution in [0.1, 0.15) is 27.0 Å². The van der Waals surface area contributed by atoms with E-state index in [1.54, 1.807) is 37.4 Å². The average Bonchev–Trinajstić information content (AvgIpc) is 3.04. The Kier molecular flexibility index (Phi) is 6.15. The van der Waals surface area contributed by atoms with Crippen LogP contribution in [0, 0.1) is 0 Å². The van der Waals surface area contributed by atoms with Crippen molar-refractivity contribution in [1.29, 1.82) is 0 Å². The smallest absolute Gasteiger partial charge is 0.265 e. The Hall–Kier alpha value is -1.89. The normalized spacial score (nSPS) is 11.8. The number of benzene rings is 1. The van der Waals surface area contributed by atoms with Gasteiger partial charge in [0.25, 0.3) is 11.8 Å². The van der Waals surface area contributed by atoms with Gasteiger partial charge in [-0.2, -0.15) is 0 Å². The summed E-state index contributed by atoms with van der Waals surface area (Å²) < 4.78 is 4.99. The van der Waals surface area contributed by atoms with Crippen molar-refractivity contribution in [3.05, 3.63) is 51.2 Å². The number of hydrogen-bond donors (Lipinski definition) is 2. The molecule has 0 spiro atoms. The fourth-order valence-electron chi connectivity index (χ4n) is 1.95. The highest BCUT2D eigenvalue weighted by atomic mass is 35.5. The van der Waals surface area contributed by atoms with Crippen LogP contribution in [0.4, 0.5) is 5.69 Å². The summed E-state index contributed by atoms with van der Waals surface area (Å²) >= 11 is 7.43. The monoisotopic (exact) mass is 352 g/mol. The Morgan fingerprint density at radius 3 is 2.74 bits per heavy atom. The number of amides is 2. The summed E-state index contributed by atoms with van der Waals surface area (Å²) in [6, 6.07) is 8.15. The molecule has 7 heteroatoms. The summed E-state index contributed by atoms with van der Waals surface area (Å²) in [5.74, 6) is -0.509. The van der Waals surface area contributed by atoms with Gasteiger partial charge in [-0.05, 0) is 36.6 Å². The minimum Gasteiger partial charge on any atom is -0.383 e. The molecule has 0 bridgehead atoms. The highest BCUT2D eigenvalue weighted by molar-refractivity contribution is 7.12. The molecule has 0 aliphatic rings. The molecule has 122 valence electrons. The lowest BCUT2D eigenvalue weighted by atomic mass is 10.1. The van der Waals surface area contributed by atoms with Crippen LogP contribution < -0.4 is 10.6 Å². The number of halogens is 1. The Morgan fingerprint density at radius 1 is 1.30 bits per heavy atom. The lowest BCUT2D eigenvalue weighted by Crippen LogP contribution is -2.35. The van der Waals surface area contributed by atoms with Crippen LogP contribution in [0.2, 0.25) is 5.02 Å².